The number of hydrogen-bond donors (Lipinski definition) is 1. The smallest absolute Gasteiger partial charge is 0.222 e. The topological polar surface area (TPSA) is 46.3 Å². The van der Waals surface area contributed by atoms with Crippen molar-refractivity contribution in [2.45, 2.75) is 25.8 Å². The predicted octanol–water partition coefficient (Wildman–Crippen LogP) is 3.08. The van der Waals surface area contributed by atoms with E-state index in [9.17, 15) is 4.79 Å². The second-order valence-electron chi connectivity index (χ2n) is 4.21. The van der Waals surface area contributed by atoms with Gasteiger partial charge in [-0.2, -0.15) is 0 Å². The number of carbonyl (C=O) groups is 1. The highest BCUT2D eigenvalue weighted by molar-refractivity contribution is 6.42. The largest absolute Gasteiger partial charge is 0.341 e. The van der Waals surface area contributed by atoms with E-state index in [4.69, 9.17) is 28.9 Å². The molecular weight excluding hydrogens is 271 g/mol. The minimum atomic E-state index is 0.0968. The standard InChI is InChI=1S/C13H18Cl2N2O/c1-17(12(18)7-2-3-8-16)9-10-5-4-6-11(14)13(10)15/h4-6H,2-3,7-9,16H2,1H3. The molecular formula is C13H18Cl2N2O. The average molecular weight is 289 g/mol. The number of nitrogens with zero attached hydrogens (tertiary/aromatic N) is 1. The number of carbonyl (C=O) groups excluding carboxylic acids is 1. The van der Waals surface area contributed by atoms with Crippen LogP contribution in [0.2, 0.25) is 10.0 Å². The summed E-state index contributed by atoms with van der Waals surface area (Å²) in [6.07, 6.45) is 2.21. The zero-order chi connectivity index (χ0) is 13.5. The molecule has 1 amide bonds. The predicted molar refractivity (Wildman–Crippen MR) is 75.8 cm³/mol. The number of halogens is 2. The Morgan fingerprint density at radius 2 is 2.06 bits per heavy atom. The quantitative estimate of drug-likeness (QED) is 0.818. The van der Waals surface area contributed by atoms with Crippen LogP contribution in [0.4, 0.5) is 0 Å². The van der Waals surface area contributed by atoms with Crippen molar-refractivity contribution in [2.24, 2.45) is 5.73 Å². The molecule has 0 aliphatic carbocycles. The number of hydrogen-bond acceptors (Lipinski definition) is 2. The van der Waals surface area contributed by atoms with Crippen LogP contribution >= 0.6 is 23.2 Å². The number of rotatable bonds is 6. The van der Waals surface area contributed by atoms with Crippen LogP contribution in [0.5, 0.6) is 0 Å². The summed E-state index contributed by atoms with van der Waals surface area (Å²) in [5, 5.41) is 1.03. The van der Waals surface area contributed by atoms with E-state index in [0.717, 1.165) is 18.4 Å². The molecule has 0 saturated heterocycles. The van der Waals surface area contributed by atoms with Crippen molar-refractivity contribution in [3.63, 3.8) is 0 Å². The third-order valence-electron chi connectivity index (χ3n) is 2.71. The minimum absolute atomic E-state index is 0.0968. The van der Waals surface area contributed by atoms with Crippen LogP contribution in [0.3, 0.4) is 0 Å². The maximum atomic E-state index is 11.8. The van der Waals surface area contributed by atoms with Crippen molar-refractivity contribution >= 4 is 29.1 Å². The van der Waals surface area contributed by atoms with Crippen LogP contribution < -0.4 is 5.73 Å². The summed E-state index contributed by atoms with van der Waals surface area (Å²) < 4.78 is 0. The normalized spacial score (nSPS) is 10.4. The molecule has 0 unspecified atom stereocenters. The second kappa shape index (κ2) is 7.62. The lowest BCUT2D eigenvalue weighted by atomic mass is 10.2. The van der Waals surface area contributed by atoms with Crippen LogP contribution in [-0.2, 0) is 11.3 Å². The highest BCUT2D eigenvalue weighted by Crippen LogP contribution is 2.26. The van der Waals surface area contributed by atoms with E-state index >= 15 is 0 Å². The van der Waals surface area contributed by atoms with Crippen LogP contribution in [0.25, 0.3) is 0 Å². The maximum absolute atomic E-state index is 11.8. The van der Waals surface area contributed by atoms with E-state index in [1.807, 2.05) is 12.1 Å². The molecule has 0 saturated carbocycles. The highest BCUT2D eigenvalue weighted by atomic mass is 35.5. The SMILES string of the molecule is CN(Cc1cccc(Cl)c1Cl)C(=O)CCCCN. The van der Waals surface area contributed by atoms with Gasteiger partial charge in [-0.3, -0.25) is 4.79 Å². The van der Waals surface area contributed by atoms with Crippen molar-refractivity contribution in [2.75, 3.05) is 13.6 Å². The molecule has 0 bridgehead atoms. The Labute approximate surface area is 118 Å². The molecule has 0 aliphatic heterocycles. The van der Waals surface area contributed by atoms with Gasteiger partial charge in [0, 0.05) is 20.0 Å². The molecule has 1 aromatic rings. The van der Waals surface area contributed by atoms with Gasteiger partial charge in [0.25, 0.3) is 0 Å². The Morgan fingerprint density at radius 1 is 1.33 bits per heavy atom. The van der Waals surface area contributed by atoms with E-state index < -0.39 is 0 Å². The second-order valence-corrected chi connectivity index (χ2v) is 4.99. The van der Waals surface area contributed by atoms with Gasteiger partial charge >= 0.3 is 0 Å². The van der Waals surface area contributed by atoms with Crippen molar-refractivity contribution in [1.29, 1.82) is 0 Å². The molecule has 0 atom stereocenters. The third-order valence-corrected chi connectivity index (χ3v) is 3.57. The average Bonchev–Trinajstić information content (AvgIpc) is 2.35. The first kappa shape index (κ1) is 15.3. The van der Waals surface area contributed by atoms with Gasteiger partial charge in [-0.15, -0.1) is 0 Å². The molecule has 5 heteroatoms. The van der Waals surface area contributed by atoms with Gasteiger partial charge in [0.05, 0.1) is 10.0 Å². The lowest BCUT2D eigenvalue weighted by molar-refractivity contribution is -0.130. The van der Waals surface area contributed by atoms with E-state index in [1.54, 1.807) is 18.0 Å². The molecule has 0 aromatic heterocycles. The third kappa shape index (κ3) is 4.48. The highest BCUT2D eigenvalue weighted by Gasteiger charge is 2.11. The monoisotopic (exact) mass is 288 g/mol. The van der Waals surface area contributed by atoms with Gasteiger partial charge in [0.1, 0.15) is 0 Å². The van der Waals surface area contributed by atoms with Gasteiger partial charge in [-0.25, -0.2) is 0 Å². The summed E-state index contributed by atoms with van der Waals surface area (Å²) in [6, 6.07) is 5.44. The van der Waals surface area contributed by atoms with Gasteiger partial charge in [0.15, 0.2) is 0 Å². The van der Waals surface area contributed by atoms with E-state index in [2.05, 4.69) is 0 Å². The molecule has 0 radical (unpaired) electrons. The molecule has 2 N–H and O–H groups in total. The fourth-order valence-electron chi connectivity index (χ4n) is 1.63. The number of benzene rings is 1. The first-order valence-corrected chi connectivity index (χ1v) is 6.68. The van der Waals surface area contributed by atoms with Gasteiger partial charge < -0.3 is 10.6 Å². The molecule has 0 heterocycles. The van der Waals surface area contributed by atoms with Crippen molar-refractivity contribution in [3.05, 3.63) is 33.8 Å². The Morgan fingerprint density at radius 3 is 2.72 bits per heavy atom. The van der Waals surface area contributed by atoms with Crippen molar-refractivity contribution in [1.82, 2.24) is 4.90 Å². The maximum Gasteiger partial charge on any atom is 0.222 e. The van der Waals surface area contributed by atoms with Crippen LogP contribution in [0, 0.1) is 0 Å². The van der Waals surface area contributed by atoms with Crippen LogP contribution in [-0.4, -0.2) is 24.4 Å². The number of unbranched alkanes of at least 4 members (excludes halogenated alkanes) is 1. The van der Waals surface area contributed by atoms with Crippen LogP contribution in [0.15, 0.2) is 18.2 Å². The molecule has 100 valence electrons. The summed E-state index contributed by atoms with van der Waals surface area (Å²) in [7, 11) is 1.77. The van der Waals surface area contributed by atoms with Gasteiger partial charge in [-0.1, -0.05) is 35.3 Å². The Hall–Kier alpha value is -0.770. The van der Waals surface area contributed by atoms with E-state index in [-0.39, 0.29) is 5.91 Å². The molecule has 18 heavy (non-hydrogen) atoms. The molecule has 3 nitrogen and oxygen atoms in total. The van der Waals surface area contributed by atoms with Crippen molar-refractivity contribution < 1.29 is 4.79 Å². The van der Waals surface area contributed by atoms with E-state index in [0.29, 0.717) is 29.6 Å². The number of nitrogens with two attached hydrogens (primary N) is 1. The summed E-state index contributed by atoms with van der Waals surface area (Å²) in [6.45, 7) is 1.10. The first-order chi connectivity index (χ1) is 8.56. The summed E-state index contributed by atoms with van der Waals surface area (Å²) >= 11 is 12.0. The molecule has 0 fully saturated rings. The lowest BCUT2D eigenvalue weighted by Gasteiger charge is -2.18. The summed E-state index contributed by atoms with van der Waals surface area (Å²) in [5.41, 5.74) is 6.25. The summed E-state index contributed by atoms with van der Waals surface area (Å²) in [4.78, 5) is 13.5. The lowest BCUT2D eigenvalue weighted by Crippen LogP contribution is -2.26. The Bertz CT molecular complexity index is 410. The van der Waals surface area contributed by atoms with E-state index in [1.165, 1.54) is 0 Å². The number of amides is 1. The minimum Gasteiger partial charge on any atom is -0.341 e. The molecule has 0 spiro atoms. The molecule has 1 aromatic carbocycles. The van der Waals surface area contributed by atoms with Crippen LogP contribution in [0.1, 0.15) is 24.8 Å². The fourth-order valence-corrected chi connectivity index (χ4v) is 2.01. The molecule has 0 aliphatic rings. The fraction of sp³-hybridized carbons (Fsp3) is 0.462. The Kier molecular flexibility index (Phi) is 6.47. The molecule has 1 rings (SSSR count). The van der Waals surface area contributed by atoms with Crippen molar-refractivity contribution in [3.8, 4) is 0 Å². The zero-order valence-corrected chi connectivity index (χ0v) is 12.0. The zero-order valence-electron chi connectivity index (χ0n) is 10.5. The Balaban J connectivity index is 2.56. The van der Waals surface area contributed by atoms with Gasteiger partial charge in [0.2, 0.25) is 5.91 Å². The van der Waals surface area contributed by atoms with Gasteiger partial charge in [-0.05, 0) is 31.0 Å². The summed E-state index contributed by atoms with van der Waals surface area (Å²) in [5.74, 6) is 0.0968. The first-order valence-electron chi connectivity index (χ1n) is 5.93.